The quantitative estimate of drug-likeness (QED) is 0.740. The maximum absolute atomic E-state index is 12.3. The second-order valence-electron chi connectivity index (χ2n) is 6.57. The molecule has 3 aliphatic heterocycles. The molecule has 0 aliphatic carbocycles. The SMILES string of the molecule is CN1C(=O)N2C[C@H]1CC[C@H]2C(=O)NOCC1CCCCCN1. The van der Waals surface area contributed by atoms with Crippen molar-refractivity contribution in [2.24, 2.45) is 0 Å². The normalized spacial score (nSPS) is 32.0. The van der Waals surface area contributed by atoms with Gasteiger partial charge in [-0.05, 0) is 32.2 Å². The van der Waals surface area contributed by atoms with Crippen LogP contribution in [0.1, 0.15) is 38.5 Å². The van der Waals surface area contributed by atoms with Crippen LogP contribution in [0.3, 0.4) is 0 Å². The number of hydroxylamine groups is 1. The van der Waals surface area contributed by atoms with Crippen LogP contribution in [-0.4, -0.2) is 66.6 Å². The summed E-state index contributed by atoms with van der Waals surface area (Å²) in [6, 6.07) is 0.120. The van der Waals surface area contributed by atoms with E-state index in [2.05, 4.69) is 10.8 Å². The summed E-state index contributed by atoms with van der Waals surface area (Å²) in [4.78, 5) is 33.2. The summed E-state index contributed by atoms with van der Waals surface area (Å²) in [6.07, 6.45) is 6.32. The fourth-order valence-corrected chi connectivity index (χ4v) is 3.64. The van der Waals surface area contributed by atoms with Crippen molar-refractivity contribution in [3.05, 3.63) is 0 Å². The molecule has 2 bridgehead atoms. The van der Waals surface area contributed by atoms with E-state index in [1.54, 1.807) is 9.80 Å². The zero-order valence-corrected chi connectivity index (χ0v) is 13.2. The van der Waals surface area contributed by atoms with Crippen LogP contribution in [0.15, 0.2) is 0 Å². The molecule has 7 nitrogen and oxygen atoms in total. The molecule has 3 rings (SSSR count). The van der Waals surface area contributed by atoms with Crippen molar-refractivity contribution in [1.82, 2.24) is 20.6 Å². The first-order chi connectivity index (χ1) is 10.7. The van der Waals surface area contributed by atoms with E-state index in [-0.39, 0.29) is 18.0 Å². The number of hydrogen-bond donors (Lipinski definition) is 2. The van der Waals surface area contributed by atoms with Gasteiger partial charge in [-0.1, -0.05) is 12.8 Å². The molecule has 7 heteroatoms. The van der Waals surface area contributed by atoms with Gasteiger partial charge in [0.2, 0.25) is 0 Å². The summed E-state index contributed by atoms with van der Waals surface area (Å²) in [5.74, 6) is -0.198. The number of nitrogens with zero attached hydrogens (tertiary/aromatic N) is 2. The molecule has 22 heavy (non-hydrogen) atoms. The van der Waals surface area contributed by atoms with Crippen LogP contribution < -0.4 is 10.8 Å². The van der Waals surface area contributed by atoms with Crippen LogP contribution >= 0.6 is 0 Å². The summed E-state index contributed by atoms with van der Waals surface area (Å²) in [7, 11) is 1.81. The molecule has 0 saturated carbocycles. The topological polar surface area (TPSA) is 73.9 Å². The number of hydrogen-bond acceptors (Lipinski definition) is 4. The van der Waals surface area contributed by atoms with E-state index in [9.17, 15) is 9.59 Å². The van der Waals surface area contributed by atoms with Crippen LogP contribution in [0, 0.1) is 0 Å². The second kappa shape index (κ2) is 6.83. The first-order valence-corrected chi connectivity index (χ1v) is 8.35. The number of likely N-dealkylation sites (N-methyl/N-ethyl adjacent to an activating group) is 1. The van der Waals surface area contributed by atoms with Gasteiger partial charge in [0.05, 0.1) is 12.6 Å². The van der Waals surface area contributed by atoms with Crippen LogP contribution in [0.25, 0.3) is 0 Å². The van der Waals surface area contributed by atoms with Crippen LogP contribution in [0.2, 0.25) is 0 Å². The van der Waals surface area contributed by atoms with Crippen molar-refractivity contribution in [3.63, 3.8) is 0 Å². The predicted molar refractivity (Wildman–Crippen MR) is 81.0 cm³/mol. The minimum absolute atomic E-state index is 0.0481. The second-order valence-corrected chi connectivity index (χ2v) is 6.57. The molecule has 1 unspecified atom stereocenters. The zero-order chi connectivity index (χ0) is 15.5. The Kier molecular flexibility index (Phi) is 4.83. The van der Waals surface area contributed by atoms with E-state index in [1.807, 2.05) is 7.05 Å². The molecule has 124 valence electrons. The van der Waals surface area contributed by atoms with E-state index in [0.717, 1.165) is 19.4 Å². The van der Waals surface area contributed by atoms with Gasteiger partial charge >= 0.3 is 6.03 Å². The van der Waals surface area contributed by atoms with Crippen LogP contribution in [-0.2, 0) is 9.63 Å². The summed E-state index contributed by atoms with van der Waals surface area (Å²) < 4.78 is 0. The van der Waals surface area contributed by atoms with Gasteiger partial charge in [0.1, 0.15) is 6.04 Å². The monoisotopic (exact) mass is 310 g/mol. The molecule has 0 aromatic carbocycles. The average molecular weight is 310 g/mol. The van der Waals surface area contributed by atoms with Gasteiger partial charge in [-0.3, -0.25) is 9.63 Å². The Bertz CT molecular complexity index is 423. The molecule has 3 aliphatic rings. The lowest BCUT2D eigenvalue weighted by atomic mass is 10.0. The summed E-state index contributed by atoms with van der Waals surface area (Å²) in [5, 5.41) is 3.43. The third-order valence-electron chi connectivity index (χ3n) is 5.07. The Morgan fingerprint density at radius 2 is 2.18 bits per heavy atom. The molecule has 0 aromatic heterocycles. The number of rotatable bonds is 4. The highest BCUT2D eigenvalue weighted by Gasteiger charge is 2.45. The van der Waals surface area contributed by atoms with Crippen molar-refractivity contribution >= 4 is 11.9 Å². The molecule has 3 saturated heterocycles. The minimum Gasteiger partial charge on any atom is -0.323 e. The fraction of sp³-hybridized carbons (Fsp3) is 0.867. The predicted octanol–water partition coefficient (Wildman–Crippen LogP) is 0.465. The van der Waals surface area contributed by atoms with E-state index >= 15 is 0 Å². The molecule has 3 fully saturated rings. The number of urea groups is 1. The first-order valence-electron chi connectivity index (χ1n) is 8.35. The molecule has 0 aromatic rings. The van der Waals surface area contributed by atoms with Crippen molar-refractivity contribution < 1.29 is 14.4 Å². The van der Waals surface area contributed by atoms with Gasteiger partial charge in [0, 0.05) is 19.6 Å². The highest BCUT2D eigenvalue weighted by Crippen LogP contribution is 2.28. The van der Waals surface area contributed by atoms with Gasteiger partial charge in [-0.25, -0.2) is 10.3 Å². The fourth-order valence-electron chi connectivity index (χ4n) is 3.64. The largest absolute Gasteiger partial charge is 0.323 e. The number of piperidine rings is 1. The van der Waals surface area contributed by atoms with E-state index in [1.165, 1.54) is 19.3 Å². The smallest absolute Gasteiger partial charge is 0.320 e. The van der Waals surface area contributed by atoms with Gasteiger partial charge in [0.15, 0.2) is 0 Å². The number of carbonyl (C=O) groups excluding carboxylic acids is 2. The number of carbonyl (C=O) groups is 2. The summed E-state index contributed by atoms with van der Waals surface area (Å²) >= 11 is 0. The lowest BCUT2D eigenvalue weighted by Gasteiger charge is -2.29. The van der Waals surface area contributed by atoms with Crippen LogP contribution in [0.4, 0.5) is 4.79 Å². The van der Waals surface area contributed by atoms with Crippen molar-refractivity contribution in [2.45, 2.75) is 56.7 Å². The summed E-state index contributed by atoms with van der Waals surface area (Å²) in [6.45, 7) is 2.15. The van der Waals surface area contributed by atoms with E-state index in [4.69, 9.17) is 4.84 Å². The van der Waals surface area contributed by atoms with Crippen molar-refractivity contribution in [3.8, 4) is 0 Å². The molecular formula is C15H26N4O3. The van der Waals surface area contributed by atoms with Gasteiger partial charge < -0.3 is 15.1 Å². The zero-order valence-electron chi connectivity index (χ0n) is 13.2. The molecule has 3 amide bonds. The first kappa shape index (κ1) is 15.6. The molecule has 0 spiro atoms. The Labute approximate surface area is 131 Å². The van der Waals surface area contributed by atoms with Crippen molar-refractivity contribution in [2.75, 3.05) is 26.7 Å². The highest BCUT2D eigenvalue weighted by atomic mass is 16.7. The number of amides is 3. The van der Waals surface area contributed by atoms with Gasteiger partial charge in [-0.15, -0.1) is 0 Å². The minimum atomic E-state index is -0.393. The Morgan fingerprint density at radius 1 is 1.32 bits per heavy atom. The lowest BCUT2D eigenvalue weighted by Crippen LogP contribution is -2.50. The Morgan fingerprint density at radius 3 is 3.05 bits per heavy atom. The molecule has 0 radical (unpaired) electrons. The van der Waals surface area contributed by atoms with Gasteiger partial charge in [-0.2, -0.15) is 0 Å². The Balaban J connectivity index is 1.45. The Hall–Kier alpha value is -1.34. The third-order valence-corrected chi connectivity index (χ3v) is 5.07. The van der Waals surface area contributed by atoms with Crippen LogP contribution in [0.5, 0.6) is 0 Å². The summed E-state index contributed by atoms with van der Waals surface area (Å²) in [5.41, 5.74) is 2.55. The highest BCUT2D eigenvalue weighted by molar-refractivity contribution is 5.88. The molecule has 2 N–H and O–H groups in total. The number of nitrogens with one attached hydrogen (secondary N) is 2. The number of fused-ring (bicyclic) bond motifs is 2. The molecule has 3 heterocycles. The van der Waals surface area contributed by atoms with E-state index < -0.39 is 6.04 Å². The molecular weight excluding hydrogens is 284 g/mol. The van der Waals surface area contributed by atoms with Crippen molar-refractivity contribution in [1.29, 1.82) is 0 Å². The lowest BCUT2D eigenvalue weighted by molar-refractivity contribution is -0.139. The maximum atomic E-state index is 12.3. The van der Waals surface area contributed by atoms with E-state index in [0.29, 0.717) is 25.6 Å². The third kappa shape index (κ3) is 3.20. The molecule has 3 atom stereocenters. The standard InChI is InChI=1S/C15H26N4O3/c1-18-12-6-7-13(19(9-12)15(18)21)14(20)17-22-10-11-5-3-2-4-8-16-11/h11-13,16H,2-10H2,1H3,(H,17,20)/t11?,12-,13+/m1/s1. The van der Waals surface area contributed by atoms with Gasteiger partial charge in [0.25, 0.3) is 5.91 Å². The maximum Gasteiger partial charge on any atom is 0.320 e. The average Bonchev–Trinajstić information content (AvgIpc) is 2.73.